The number of anilines is 1. The average molecular weight is 440 g/mol. The Hall–Kier alpha value is -0.570. The third-order valence-corrected chi connectivity index (χ3v) is 4.41. The second-order valence-electron chi connectivity index (χ2n) is 4.18. The van der Waals surface area contributed by atoms with Crippen molar-refractivity contribution in [2.24, 2.45) is 5.73 Å². The van der Waals surface area contributed by atoms with Crippen LogP contribution in [0, 0.1) is 0 Å². The lowest BCUT2D eigenvalue weighted by molar-refractivity contribution is -0.117. The molecule has 8 heteroatoms. The van der Waals surface area contributed by atoms with E-state index in [1.807, 2.05) is 6.26 Å². The Labute approximate surface area is 144 Å². The molecule has 5 nitrogen and oxygen atoms in total. The number of thioether (sulfide) groups is 1. The van der Waals surface area contributed by atoms with Crippen LogP contribution >= 0.6 is 43.6 Å². The Bertz CT molecular complexity index is 540. The first-order chi connectivity index (χ1) is 9.90. The van der Waals surface area contributed by atoms with Crippen LogP contribution in [0.5, 0.6) is 0 Å². The fourth-order valence-electron chi connectivity index (χ4n) is 1.56. The summed E-state index contributed by atoms with van der Waals surface area (Å²) in [5.41, 5.74) is 6.43. The number of carbonyl (C=O) groups excluding carboxylic acids is 2. The van der Waals surface area contributed by atoms with Crippen molar-refractivity contribution in [3.8, 4) is 0 Å². The number of halogens is 2. The van der Waals surface area contributed by atoms with E-state index in [9.17, 15) is 9.59 Å². The van der Waals surface area contributed by atoms with Gasteiger partial charge in [0.25, 0.3) is 0 Å². The first-order valence-electron chi connectivity index (χ1n) is 6.03. The summed E-state index contributed by atoms with van der Waals surface area (Å²) in [5.74, 6) is -0.0813. The highest BCUT2D eigenvalue weighted by atomic mass is 79.9. The van der Waals surface area contributed by atoms with Crippen molar-refractivity contribution in [2.75, 3.05) is 24.4 Å². The van der Waals surface area contributed by atoms with Gasteiger partial charge in [0, 0.05) is 8.95 Å². The Morgan fingerprint density at radius 2 is 2.10 bits per heavy atom. The van der Waals surface area contributed by atoms with Crippen LogP contribution in [-0.4, -0.2) is 37.0 Å². The molecule has 0 aliphatic heterocycles. The van der Waals surface area contributed by atoms with Crippen LogP contribution < -0.4 is 11.1 Å². The van der Waals surface area contributed by atoms with E-state index in [4.69, 9.17) is 10.5 Å². The van der Waals surface area contributed by atoms with Gasteiger partial charge in [-0.2, -0.15) is 11.8 Å². The van der Waals surface area contributed by atoms with E-state index in [0.717, 1.165) is 5.75 Å². The van der Waals surface area contributed by atoms with Crippen molar-refractivity contribution in [1.82, 2.24) is 0 Å². The maximum absolute atomic E-state index is 12.1. The number of carbonyl (C=O) groups is 2. The number of methoxy groups -OCH3 is 1. The first-order valence-corrected chi connectivity index (χ1v) is 9.01. The number of esters is 1. The van der Waals surface area contributed by atoms with Gasteiger partial charge >= 0.3 is 5.97 Å². The van der Waals surface area contributed by atoms with Gasteiger partial charge < -0.3 is 15.8 Å². The van der Waals surface area contributed by atoms with E-state index in [0.29, 0.717) is 21.1 Å². The van der Waals surface area contributed by atoms with Gasteiger partial charge in [0.1, 0.15) is 0 Å². The quantitative estimate of drug-likeness (QED) is 0.665. The number of amides is 1. The fraction of sp³-hybridized carbons (Fsp3) is 0.385. The zero-order chi connectivity index (χ0) is 16.0. The highest BCUT2D eigenvalue weighted by Gasteiger charge is 2.20. The summed E-state index contributed by atoms with van der Waals surface area (Å²) in [5, 5.41) is 2.69. The molecule has 1 aromatic carbocycles. The summed E-state index contributed by atoms with van der Waals surface area (Å²) in [7, 11) is 1.28. The molecule has 1 amide bonds. The number of rotatable bonds is 6. The third-order valence-electron chi connectivity index (χ3n) is 2.68. The number of nitrogens with two attached hydrogens (primary N) is 1. The number of ether oxygens (including phenoxy) is 1. The van der Waals surface area contributed by atoms with Crippen molar-refractivity contribution in [3.05, 3.63) is 26.6 Å². The van der Waals surface area contributed by atoms with E-state index < -0.39 is 12.0 Å². The van der Waals surface area contributed by atoms with Gasteiger partial charge in [-0.15, -0.1) is 0 Å². The highest BCUT2D eigenvalue weighted by molar-refractivity contribution is 9.11. The summed E-state index contributed by atoms with van der Waals surface area (Å²) in [6.45, 7) is 0. The summed E-state index contributed by atoms with van der Waals surface area (Å²) in [4.78, 5) is 23.9. The van der Waals surface area contributed by atoms with Crippen LogP contribution in [0.25, 0.3) is 0 Å². The molecule has 1 aromatic rings. The number of hydrogen-bond acceptors (Lipinski definition) is 5. The highest BCUT2D eigenvalue weighted by Crippen LogP contribution is 2.31. The fourth-order valence-corrected chi connectivity index (χ4v) is 3.38. The van der Waals surface area contributed by atoms with Gasteiger partial charge in [0.05, 0.1) is 24.4 Å². The molecule has 0 bridgehead atoms. The van der Waals surface area contributed by atoms with Crippen molar-refractivity contribution >= 4 is 61.2 Å². The standard InChI is InChI=1S/C13H16Br2N2O3S/c1-20-13(19)8-5-7(14)6-9(15)11(8)17-12(18)10(16)3-4-21-2/h5-6,10H,3-4,16H2,1-2H3,(H,17,18)/t10-/m1/s1. The predicted octanol–water partition coefficient (Wildman–Crippen LogP) is 3.02. The zero-order valence-electron chi connectivity index (χ0n) is 11.6. The average Bonchev–Trinajstić information content (AvgIpc) is 2.45. The van der Waals surface area contributed by atoms with Crippen molar-refractivity contribution in [3.63, 3.8) is 0 Å². The molecular weight excluding hydrogens is 424 g/mol. The summed E-state index contributed by atoms with van der Waals surface area (Å²) in [6, 6.07) is 2.69. The molecular formula is C13H16Br2N2O3S. The predicted molar refractivity (Wildman–Crippen MR) is 92.8 cm³/mol. The molecule has 0 radical (unpaired) electrons. The first kappa shape index (κ1) is 18.5. The Kier molecular flexibility index (Phi) is 7.72. The van der Waals surface area contributed by atoms with Crippen LogP contribution in [0.2, 0.25) is 0 Å². The Morgan fingerprint density at radius 3 is 2.67 bits per heavy atom. The maximum atomic E-state index is 12.1. The molecule has 0 saturated carbocycles. The van der Waals surface area contributed by atoms with E-state index in [1.165, 1.54) is 7.11 Å². The Morgan fingerprint density at radius 1 is 1.43 bits per heavy atom. The number of nitrogens with one attached hydrogen (secondary N) is 1. The maximum Gasteiger partial charge on any atom is 0.340 e. The van der Waals surface area contributed by atoms with Crippen molar-refractivity contribution in [1.29, 1.82) is 0 Å². The molecule has 0 saturated heterocycles. The summed E-state index contributed by atoms with van der Waals surface area (Å²) in [6.07, 6.45) is 2.51. The molecule has 1 atom stereocenters. The van der Waals surface area contributed by atoms with Gasteiger partial charge in [-0.25, -0.2) is 4.79 Å². The van der Waals surface area contributed by atoms with E-state index in [2.05, 4.69) is 37.2 Å². The van der Waals surface area contributed by atoms with E-state index >= 15 is 0 Å². The topological polar surface area (TPSA) is 81.4 Å². The molecule has 116 valence electrons. The monoisotopic (exact) mass is 438 g/mol. The zero-order valence-corrected chi connectivity index (χ0v) is 15.6. The third kappa shape index (κ3) is 5.28. The van der Waals surface area contributed by atoms with Crippen LogP contribution in [-0.2, 0) is 9.53 Å². The SMILES string of the molecule is COC(=O)c1cc(Br)cc(Br)c1NC(=O)[C@H](N)CCSC. The van der Waals surface area contributed by atoms with Crippen LogP contribution in [0.3, 0.4) is 0 Å². The lowest BCUT2D eigenvalue weighted by Crippen LogP contribution is -2.36. The van der Waals surface area contributed by atoms with Gasteiger partial charge in [-0.1, -0.05) is 15.9 Å². The van der Waals surface area contributed by atoms with Crippen molar-refractivity contribution < 1.29 is 14.3 Å². The van der Waals surface area contributed by atoms with Crippen molar-refractivity contribution in [2.45, 2.75) is 12.5 Å². The van der Waals surface area contributed by atoms with Gasteiger partial charge in [0.2, 0.25) is 5.91 Å². The lowest BCUT2D eigenvalue weighted by atomic mass is 10.1. The smallest absolute Gasteiger partial charge is 0.340 e. The van der Waals surface area contributed by atoms with Gasteiger partial charge in [-0.3, -0.25) is 4.79 Å². The summed E-state index contributed by atoms with van der Waals surface area (Å²) < 4.78 is 5.99. The minimum absolute atomic E-state index is 0.254. The van der Waals surface area contributed by atoms with Gasteiger partial charge in [0.15, 0.2) is 0 Å². The molecule has 21 heavy (non-hydrogen) atoms. The van der Waals surface area contributed by atoms with E-state index in [1.54, 1.807) is 23.9 Å². The minimum atomic E-state index is -0.626. The second kappa shape index (κ2) is 8.77. The van der Waals surface area contributed by atoms with Gasteiger partial charge in [-0.05, 0) is 46.5 Å². The molecule has 0 unspecified atom stereocenters. The largest absolute Gasteiger partial charge is 0.465 e. The molecule has 0 fully saturated rings. The number of benzene rings is 1. The van der Waals surface area contributed by atoms with E-state index in [-0.39, 0.29) is 11.5 Å². The molecule has 3 N–H and O–H groups in total. The normalized spacial score (nSPS) is 11.9. The molecule has 0 aliphatic carbocycles. The number of hydrogen-bond donors (Lipinski definition) is 2. The second-order valence-corrected chi connectivity index (χ2v) is 6.93. The van der Waals surface area contributed by atoms with Crippen LogP contribution in [0.1, 0.15) is 16.8 Å². The molecule has 0 aliphatic rings. The van der Waals surface area contributed by atoms with Crippen LogP contribution in [0.4, 0.5) is 5.69 Å². The molecule has 0 aromatic heterocycles. The molecule has 0 heterocycles. The molecule has 0 spiro atoms. The molecule has 1 rings (SSSR count). The minimum Gasteiger partial charge on any atom is -0.465 e. The summed E-state index contributed by atoms with van der Waals surface area (Å²) >= 11 is 8.25. The van der Waals surface area contributed by atoms with Crippen LogP contribution in [0.15, 0.2) is 21.1 Å². The lowest BCUT2D eigenvalue weighted by Gasteiger charge is -2.15. The Balaban J connectivity index is 3.01.